The highest BCUT2D eigenvalue weighted by Gasteiger charge is 2.55. The fourth-order valence-corrected chi connectivity index (χ4v) is 9.71. The molecule has 0 N–H and O–H groups in total. The molecule has 2 aliphatic rings. The van der Waals surface area contributed by atoms with Crippen LogP contribution in [0.1, 0.15) is 122 Å². The average Bonchev–Trinajstić information content (AvgIpc) is 3.23. The number of fused-ring (bicyclic) bond motifs is 10. The van der Waals surface area contributed by atoms with Crippen LogP contribution in [0.2, 0.25) is 0 Å². The molecular weight excluding hydrogens is 853 g/mol. The highest BCUT2D eigenvalue weighted by atomic mass is 16.6. The molecule has 2 heterocycles. The molecule has 0 spiro atoms. The first kappa shape index (κ1) is 59.7. The molecule has 67 heavy (non-hydrogen) atoms. The summed E-state index contributed by atoms with van der Waals surface area (Å²) in [5, 5.41) is 66.8. The number of hydrogen-bond acceptors (Lipinski definition) is 15. The van der Waals surface area contributed by atoms with Gasteiger partial charge in [0, 0.05) is 0 Å². The molecule has 0 aromatic rings. The molecular formula is C52H84N6O9. The van der Waals surface area contributed by atoms with Crippen molar-refractivity contribution in [2.45, 2.75) is 122 Å². The summed E-state index contributed by atoms with van der Waals surface area (Å²) in [5.74, 6) is 0. The van der Waals surface area contributed by atoms with Gasteiger partial charge in [0.15, 0.2) is 0 Å². The van der Waals surface area contributed by atoms with E-state index in [0.29, 0.717) is 12.8 Å². The van der Waals surface area contributed by atoms with Crippen LogP contribution >= 0.6 is 0 Å². The van der Waals surface area contributed by atoms with Crippen LogP contribution in [0.25, 0.3) is 0 Å². The Morgan fingerprint density at radius 3 is 0.791 bits per heavy atom. The van der Waals surface area contributed by atoms with Crippen LogP contribution in [0.4, 0.5) is 0 Å². The van der Waals surface area contributed by atoms with Gasteiger partial charge in [0.2, 0.25) is 0 Å². The third-order valence-electron chi connectivity index (χ3n) is 13.1. The van der Waals surface area contributed by atoms with Crippen LogP contribution in [0.15, 0.2) is 0 Å². The van der Waals surface area contributed by atoms with Crippen LogP contribution in [0.5, 0.6) is 0 Å². The zero-order chi connectivity index (χ0) is 50.6. The Hall–Kier alpha value is -3.42. The van der Waals surface area contributed by atoms with Crippen molar-refractivity contribution in [3.8, 4) is 36.4 Å². The predicted molar refractivity (Wildman–Crippen MR) is 251 cm³/mol. The second kappa shape index (κ2) is 26.0. The molecule has 6 atom stereocenters. The fraction of sp³-hybridized carbons (Fsp3) is 0.885. The van der Waals surface area contributed by atoms with Gasteiger partial charge in [0.1, 0.15) is 0 Å². The van der Waals surface area contributed by atoms with E-state index in [-0.39, 0.29) is 155 Å². The standard InChI is InChI=1S/C52H84N6O9/c1-43(2,3)25-47(31-53)27-49(33-55)29-51(35-57,45(7,8)9)41-66-23-17-61-18-24-67-42-52(36-58,46(10,11)12)30-50(34-56,40-65-22-16-60-15-21-64-39-49)28-48(32-54,26-44(4,5)6)38-63-20-14-59-13-19-62-37-47/h13-30,37-42H2,1-12H3. The molecule has 15 heteroatoms. The molecule has 2 rings (SSSR count). The molecule has 6 unspecified atom stereocenters. The van der Waals surface area contributed by atoms with Gasteiger partial charge in [-0.15, -0.1) is 0 Å². The van der Waals surface area contributed by atoms with Crippen molar-refractivity contribution >= 4 is 0 Å². The summed E-state index contributed by atoms with van der Waals surface area (Å²) < 4.78 is 55.4. The normalized spacial score (nSPS) is 32.5. The molecule has 2 saturated heterocycles. The van der Waals surface area contributed by atoms with Gasteiger partial charge in [-0.3, -0.25) is 0 Å². The third kappa shape index (κ3) is 18.8. The molecule has 2 bridgehead atoms. The molecule has 0 aromatic heterocycles. The van der Waals surface area contributed by atoms with Crippen LogP contribution in [-0.4, -0.2) is 119 Å². The average molecular weight is 937 g/mol. The number of hydrogen-bond donors (Lipinski definition) is 0. The molecule has 15 nitrogen and oxygen atoms in total. The summed E-state index contributed by atoms with van der Waals surface area (Å²) >= 11 is 0. The molecule has 376 valence electrons. The highest BCUT2D eigenvalue weighted by Crippen LogP contribution is 2.54. The molecule has 0 saturated carbocycles. The van der Waals surface area contributed by atoms with Gasteiger partial charge in [-0.05, 0) is 60.2 Å². The minimum Gasteiger partial charge on any atom is -0.377 e. The van der Waals surface area contributed by atoms with Gasteiger partial charge < -0.3 is 42.6 Å². The van der Waals surface area contributed by atoms with E-state index in [1.165, 1.54) is 0 Å². The van der Waals surface area contributed by atoms with E-state index in [1.807, 2.05) is 83.1 Å². The highest BCUT2D eigenvalue weighted by molar-refractivity contribution is 5.19. The monoisotopic (exact) mass is 937 g/mol. The van der Waals surface area contributed by atoms with Gasteiger partial charge in [-0.1, -0.05) is 83.1 Å². The van der Waals surface area contributed by atoms with E-state index in [2.05, 4.69) is 36.4 Å². The van der Waals surface area contributed by atoms with Crippen molar-refractivity contribution in [3.63, 3.8) is 0 Å². The quantitative estimate of drug-likeness (QED) is 0.236. The van der Waals surface area contributed by atoms with Crippen LogP contribution in [-0.2, 0) is 42.6 Å². The molecule has 0 amide bonds. The van der Waals surface area contributed by atoms with Gasteiger partial charge >= 0.3 is 0 Å². The van der Waals surface area contributed by atoms with Gasteiger partial charge in [0.25, 0.3) is 0 Å². The summed E-state index contributed by atoms with van der Waals surface area (Å²) in [6, 6.07) is 15.4. The second-order valence-corrected chi connectivity index (χ2v) is 23.8. The van der Waals surface area contributed by atoms with E-state index in [1.54, 1.807) is 0 Å². The van der Waals surface area contributed by atoms with E-state index in [9.17, 15) is 31.6 Å². The Kier molecular flexibility index (Phi) is 23.1. The van der Waals surface area contributed by atoms with E-state index >= 15 is 0 Å². The summed E-state index contributed by atoms with van der Waals surface area (Å²) in [5.41, 5.74) is -9.34. The lowest BCUT2D eigenvalue weighted by molar-refractivity contribution is -0.0793. The SMILES string of the molecule is CC(C)(C)CC1(C#N)COCCOCCOCC(C#N)(CC(C)(C)C)CC2(C#N)COCCOCCOCC(C#N)(C1)CC(C#N)(C(C)(C)C)COCCOCCOCC(C#N)(C(C)(C)C)C2. The molecule has 0 radical (unpaired) electrons. The minimum atomic E-state index is -1.33. The Morgan fingerprint density at radius 1 is 0.313 bits per heavy atom. The maximum absolute atomic E-state index is 11.3. The zero-order valence-corrected chi connectivity index (χ0v) is 43.3. The lowest BCUT2D eigenvalue weighted by atomic mass is 9.57. The maximum atomic E-state index is 11.3. The largest absolute Gasteiger partial charge is 0.377 e. The lowest BCUT2D eigenvalue weighted by Gasteiger charge is -2.46. The Balaban J connectivity index is 2.80. The Bertz CT molecular complexity index is 1650. The van der Waals surface area contributed by atoms with E-state index in [4.69, 9.17) is 42.6 Å². The van der Waals surface area contributed by atoms with Crippen LogP contribution in [0, 0.1) is 122 Å². The summed E-state index contributed by atoms with van der Waals surface area (Å²) in [7, 11) is 0. The number of ether oxygens (including phenoxy) is 9. The van der Waals surface area contributed by atoms with Crippen molar-refractivity contribution in [1.82, 2.24) is 0 Å². The van der Waals surface area contributed by atoms with E-state index < -0.39 is 43.3 Å². The summed E-state index contributed by atoms with van der Waals surface area (Å²) in [6.45, 7) is 25.8. The smallest absolute Gasteiger partial charge is 0.0870 e. The third-order valence-corrected chi connectivity index (χ3v) is 13.1. The Labute approximate surface area is 404 Å². The van der Waals surface area contributed by atoms with Gasteiger partial charge in [-0.2, -0.15) is 31.6 Å². The van der Waals surface area contributed by atoms with Gasteiger partial charge in [-0.25, -0.2) is 0 Å². The molecule has 0 aromatic carbocycles. The summed E-state index contributed by atoms with van der Waals surface area (Å²) in [4.78, 5) is 0. The van der Waals surface area contributed by atoms with Crippen molar-refractivity contribution < 1.29 is 42.6 Å². The predicted octanol–water partition coefficient (Wildman–Crippen LogP) is 8.75. The summed E-state index contributed by atoms with van der Waals surface area (Å²) in [6.07, 6.45) is 1.03. The topological polar surface area (TPSA) is 226 Å². The van der Waals surface area contributed by atoms with E-state index in [0.717, 1.165) is 0 Å². The number of rotatable bonds is 2. The van der Waals surface area contributed by atoms with Gasteiger partial charge in [0.05, 0.1) is 188 Å². The first-order chi connectivity index (χ1) is 31.2. The van der Waals surface area contributed by atoms with Crippen LogP contribution < -0.4 is 0 Å². The van der Waals surface area contributed by atoms with Crippen molar-refractivity contribution in [1.29, 1.82) is 31.6 Å². The fourth-order valence-electron chi connectivity index (χ4n) is 9.71. The Morgan fingerprint density at radius 2 is 0.567 bits per heavy atom. The second-order valence-electron chi connectivity index (χ2n) is 23.8. The first-order valence-corrected chi connectivity index (χ1v) is 23.9. The minimum absolute atomic E-state index is 0.00443. The first-order valence-electron chi connectivity index (χ1n) is 23.9. The molecule has 2 fully saturated rings. The van der Waals surface area contributed by atoms with Crippen LogP contribution in [0.3, 0.4) is 0 Å². The van der Waals surface area contributed by atoms with Crippen molar-refractivity contribution in [3.05, 3.63) is 0 Å². The van der Waals surface area contributed by atoms with Crippen molar-refractivity contribution in [2.75, 3.05) is 119 Å². The molecule has 2 aliphatic heterocycles. The molecule has 0 aliphatic carbocycles. The lowest BCUT2D eigenvalue weighted by Crippen LogP contribution is -2.47. The number of nitrogens with zero attached hydrogens (tertiary/aromatic N) is 6. The number of nitriles is 6. The maximum Gasteiger partial charge on any atom is 0.0870 e. The van der Waals surface area contributed by atoms with Crippen molar-refractivity contribution in [2.24, 2.45) is 54.1 Å². The zero-order valence-electron chi connectivity index (χ0n) is 43.3.